The van der Waals surface area contributed by atoms with E-state index in [1.165, 1.54) is 67.4 Å². The van der Waals surface area contributed by atoms with Gasteiger partial charge in [0.2, 0.25) is 0 Å². The Kier molecular flexibility index (Phi) is 6.61. The molecule has 0 aromatic rings. The highest BCUT2D eigenvalue weighted by Crippen LogP contribution is 2.35. The Morgan fingerprint density at radius 1 is 1.28 bits per heavy atom. The predicted octanol–water partition coefficient (Wildman–Crippen LogP) is 6.22. The summed E-state index contributed by atoms with van der Waals surface area (Å²) in [6, 6.07) is 0. The Morgan fingerprint density at radius 2 is 2.12 bits per heavy atom. The zero-order valence-corrected chi connectivity index (χ0v) is 15.9. The Morgan fingerprint density at radius 3 is 2.88 bits per heavy atom. The van der Waals surface area contributed by atoms with Gasteiger partial charge in [0.1, 0.15) is 0 Å². The van der Waals surface area contributed by atoms with Crippen LogP contribution in [0.4, 0.5) is 0 Å². The molecule has 3 aliphatic rings. The Balaban J connectivity index is 1.69. The molecule has 1 saturated carbocycles. The summed E-state index contributed by atoms with van der Waals surface area (Å²) in [5.74, 6) is 1.25. The molecule has 0 spiro atoms. The van der Waals surface area contributed by atoms with Gasteiger partial charge in [0.05, 0.1) is 5.71 Å². The molecule has 1 unspecified atom stereocenters. The third-order valence-electron chi connectivity index (χ3n) is 5.73. The van der Waals surface area contributed by atoms with Crippen LogP contribution in [0.1, 0.15) is 65.2 Å². The van der Waals surface area contributed by atoms with Crippen LogP contribution in [-0.2, 0) is 0 Å². The minimum atomic E-state index is 0.314. The molecular weight excluding hydrogens is 304 g/mol. The van der Waals surface area contributed by atoms with Crippen LogP contribution in [0.2, 0.25) is 0 Å². The maximum Gasteiger partial charge on any atom is 0.0546 e. The van der Waals surface area contributed by atoms with Crippen LogP contribution in [0.15, 0.2) is 57.2 Å². The smallest absolute Gasteiger partial charge is 0.0546 e. The maximum absolute atomic E-state index is 4.85. The van der Waals surface area contributed by atoms with Crippen molar-refractivity contribution in [2.24, 2.45) is 21.8 Å². The lowest BCUT2D eigenvalue weighted by molar-refractivity contribution is 0.340. The summed E-state index contributed by atoms with van der Waals surface area (Å²) in [5, 5.41) is 0. The molecule has 0 aromatic carbocycles. The van der Waals surface area contributed by atoms with Crippen molar-refractivity contribution in [2.75, 3.05) is 6.54 Å². The fraction of sp³-hybridized carbons (Fsp3) is 0.565. The zero-order chi connectivity index (χ0) is 17.5. The van der Waals surface area contributed by atoms with E-state index in [-0.39, 0.29) is 0 Å². The quantitative estimate of drug-likeness (QED) is 0.406. The molecule has 1 heterocycles. The van der Waals surface area contributed by atoms with Gasteiger partial charge in [-0.3, -0.25) is 9.98 Å². The van der Waals surface area contributed by atoms with Crippen molar-refractivity contribution in [2.45, 2.75) is 65.2 Å². The first-order valence-electron chi connectivity index (χ1n) is 10.1. The minimum Gasteiger partial charge on any atom is -0.293 e. The molecule has 1 aliphatic heterocycles. The highest BCUT2D eigenvalue weighted by Gasteiger charge is 2.28. The van der Waals surface area contributed by atoms with Gasteiger partial charge < -0.3 is 0 Å². The molecule has 0 aromatic heterocycles. The molecule has 25 heavy (non-hydrogen) atoms. The van der Waals surface area contributed by atoms with E-state index in [1.54, 1.807) is 0 Å². The lowest BCUT2D eigenvalue weighted by Crippen LogP contribution is -2.16. The molecule has 1 atom stereocenters. The zero-order valence-electron chi connectivity index (χ0n) is 15.9. The van der Waals surface area contributed by atoms with Gasteiger partial charge in [0.15, 0.2) is 0 Å². The van der Waals surface area contributed by atoms with Crippen molar-refractivity contribution < 1.29 is 0 Å². The molecule has 2 heteroatoms. The molecule has 3 rings (SSSR count). The molecule has 2 nitrogen and oxygen atoms in total. The van der Waals surface area contributed by atoms with Crippen molar-refractivity contribution in [1.29, 1.82) is 0 Å². The van der Waals surface area contributed by atoms with E-state index < -0.39 is 0 Å². The fourth-order valence-corrected chi connectivity index (χ4v) is 4.28. The second kappa shape index (κ2) is 9.12. The molecule has 0 saturated heterocycles. The summed E-state index contributed by atoms with van der Waals surface area (Å²) in [4.78, 5) is 9.30. The number of fused-ring (bicyclic) bond motifs is 1. The molecule has 1 fully saturated rings. The van der Waals surface area contributed by atoms with E-state index in [0.717, 1.165) is 18.9 Å². The molecule has 2 aliphatic carbocycles. The van der Waals surface area contributed by atoms with Gasteiger partial charge in [0.25, 0.3) is 0 Å². The van der Waals surface area contributed by atoms with Crippen LogP contribution in [0.25, 0.3) is 0 Å². The maximum atomic E-state index is 4.85. The molecular formula is C23H32N2. The lowest BCUT2D eigenvalue weighted by Gasteiger charge is -2.22. The van der Waals surface area contributed by atoms with Crippen molar-refractivity contribution in [3.8, 4) is 0 Å². The van der Waals surface area contributed by atoms with Crippen molar-refractivity contribution in [3.05, 3.63) is 47.2 Å². The molecule has 0 bridgehead atoms. The summed E-state index contributed by atoms with van der Waals surface area (Å²) < 4.78 is 0. The normalized spacial score (nSPS) is 24.8. The van der Waals surface area contributed by atoms with Gasteiger partial charge >= 0.3 is 0 Å². The van der Waals surface area contributed by atoms with Gasteiger partial charge in [0, 0.05) is 24.9 Å². The van der Waals surface area contributed by atoms with E-state index in [0.29, 0.717) is 5.92 Å². The van der Waals surface area contributed by atoms with Crippen LogP contribution in [0.3, 0.4) is 0 Å². The highest BCUT2D eigenvalue weighted by molar-refractivity contribution is 6.08. The van der Waals surface area contributed by atoms with Gasteiger partial charge in [-0.05, 0) is 55.7 Å². The van der Waals surface area contributed by atoms with Gasteiger partial charge in [-0.15, -0.1) is 0 Å². The van der Waals surface area contributed by atoms with E-state index in [2.05, 4.69) is 49.3 Å². The molecule has 134 valence electrons. The van der Waals surface area contributed by atoms with Crippen molar-refractivity contribution in [3.63, 3.8) is 0 Å². The van der Waals surface area contributed by atoms with Crippen LogP contribution in [0.5, 0.6) is 0 Å². The number of allylic oxidation sites excluding steroid dienone is 7. The predicted molar refractivity (Wildman–Crippen MR) is 109 cm³/mol. The average molecular weight is 337 g/mol. The minimum absolute atomic E-state index is 0.314. The van der Waals surface area contributed by atoms with Crippen LogP contribution in [0, 0.1) is 11.8 Å². The van der Waals surface area contributed by atoms with E-state index in [9.17, 15) is 0 Å². The largest absolute Gasteiger partial charge is 0.293 e. The van der Waals surface area contributed by atoms with Crippen LogP contribution < -0.4 is 0 Å². The standard InChI is InChI=1S/C23H32N2/c1-3-19(16-24-4-2)22-17-25-23-20(12-8-9-13-21(22)23)15-14-18-10-6-5-7-11-18/h3,9,12-13,16-18,21H,4-8,10-11,14-15H2,1-2H3/b19-3+,24-16?. The first-order valence-corrected chi connectivity index (χ1v) is 10.1. The second-order valence-corrected chi connectivity index (χ2v) is 7.38. The van der Waals surface area contributed by atoms with Crippen LogP contribution in [-0.4, -0.2) is 18.5 Å². The number of aliphatic imine (C=N–C) groups is 2. The fourth-order valence-electron chi connectivity index (χ4n) is 4.28. The average Bonchev–Trinajstić information content (AvgIpc) is 2.95. The summed E-state index contributed by atoms with van der Waals surface area (Å²) in [6.07, 6.45) is 24.0. The van der Waals surface area contributed by atoms with Gasteiger partial charge in [-0.1, -0.05) is 56.4 Å². The van der Waals surface area contributed by atoms with Gasteiger partial charge in [-0.25, -0.2) is 0 Å². The molecule has 0 N–H and O–H groups in total. The number of nitrogens with zero attached hydrogens (tertiary/aromatic N) is 2. The summed E-state index contributed by atoms with van der Waals surface area (Å²) in [6.45, 7) is 4.99. The summed E-state index contributed by atoms with van der Waals surface area (Å²) in [5.41, 5.74) is 5.28. The Hall–Kier alpha value is -1.70. The summed E-state index contributed by atoms with van der Waals surface area (Å²) in [7, 11) is 0. The Labute approximate surface area is 153 Å². The number of hydrogen-bond donors (Lipinski definition) is 0. The number of rotatable bonds is 6. The van der Waals surface area contributed by atoms with Crippen molar-refractivity contribution >= 4 is 11.9 Å². The summed E-state index contributed by atoms with van der Waals surface area (Å²) >= 11 is 0. The highest BCUT2D eigenvalue weighted by atomic mass is 14.8. The first-order chi connectivity index (χ1) is 12.3. The third-order valence-corrected chi connectivity index (χ3v) is 5.73. The SMILES string of the molecule is C/C=C(\C=NCC)C1=CN=C2C(CCC3CCCCC3)=CCC=CC12. The first kappa shape index (κ1) is 18.1. The van der Waals surface area contributed by atoms with E-state index >= 15 is 0 Å². The number of hydrogen-bond acceptors (Lipinski definition) is 2. The third kappa shape index (κ3) is 4.48. The van der Waals surface area contributed by atoms with Crippen LogP contribution >= 0.6 is 0 Å². The topological polar surface area (TPSA) is 24.7 Å². The second-order valence-electron chi connectivity index (χ2n) is 7.38. The van der Waals surface area contributed by atoms with Crippen molar-refractivity contribution in [1.82, 2.24) is 0 Å². The van der Waals surface area contributed by atoms with E-state index in [1.807, 2.05) is 6.21 Å². The van der Waals surface area contributed by atoms with Gasteiger partial charge in [-0.2, -0.15) is 0 Å². The monoisotopic (exact) mass is 336 g/mol. The molecule has 0 radical (unpaired) electrons. The Bertz CT molecular complexity index is 637. The lowest BCUT2D eigenvalue weighted by atomic mass is 9.82. The molecule has 0 amide bonds. The van der Waals surface area contributed by atoms with E-state index in [4.69, 9.17) is 4.99 Å².